The van der Waals surface area contributed by atoms with Crippen molar-refractivity contribution in [3.05, 3.63) is 16.4 Å². The van der Waals surface area contributed by atoms with E-state index in [0.29, 0.717) is 17.3 Å². The topological polar surface area (TPSA) is 58.4 Å². The number of aryl methyl sites for hydroxylation is 1. The molecule has 0 bridgehead atoms. The van der Waals surface area contributed by atoms with Crippen LogP contribution in [0, 0.1) is 5.92 Å². The molecule has 2 rings (SSSR count). The number of nitrogens with zero attached hydrogens (tertiary/aromatic N) is 3. The lowest BCUT2D eigenvalue weighted by atomic mass is 9.86. The summed E-state index contributed by atoms with van der Waals surface area (Å²) in [6.45, 7) is 4.56. The SMILES string of the molecule is CC(C)c1nn(C)c(Cl)c1C(=O)N(C)CC1CCCCC1O. The Labute approximate surface area is 137 Å². The van der Waals surface area contributed by atoms with Gasteiger partial charge in [-0.15, -0.1) is 0 Å². The van der Waals surface area contributed by atoms with Crippen LogP contribution >= 0.6 is 11.6 Å². The predicted octanol–water partition coefficient (Wildman–Crippen LogP) is 2.82. The molecule has 1 saturated carbocycles. The van der Waals surface area contributed by atoms with Gasteiger partial charge in [-0.2, -0.15) is 5.10 Å². The number of aliphatic hydroxyl groups is 1. The van der Waals surface area contributed by atoms with Gasteiger partial charge in [0.15, 0.2) is 0 Å². The second-order valence-electron chi connectivity index (χ2n) is 6.63. The second-order valence-corrected chi connectivity index (χ2v) is 6.98. The van der Waals surface area contributed by atoms with Crippen molar-refractivity contribution < 1.29 is 9.90 Å². The van der Waals surface area contributed by atoms with Crippen LogP contribution in [0.2, 0.25) is 5.15 Å². The van der Waals surface area contributed by atoms with Gasteiger partial charge in [-0.1, -0.05) is 38.3 Å². The fourth-order valence-electron chi connectivity index (χ4n) is 3.15. The number of hydrogen-bond acceptors (Lipinski definition) is 3. The number of halogens is 1. The molecular weight excluding hydrogens is 302 g/mol. The number of amides is 1. The highest BCUT2D eigenvalue weighted by Crippen LogP contribution is 2.28. The average molecular weight is 328 g/mol. The largest absolute Gasteiger partial charge is 0.393 e. The molecule has 0 spiro atoms. The molecule has 1 amide bonds. The summed E-state index contributed by atoms with van der Waals surface area (Å²) in [5.74, 6) is 0.173. The van der Waals surface area contributed by atoms with Crippen molar-refractivity contribution in [1.82, 2.24) is 14.7 Å². The van der Waals surface area contributed by atoms with Crippen molar-refractivity contribution >= 4 is 17.5 Å². The summed E-state index contributed by atoms with van der Waals surface area (Å²) in [6.07, 6.45) is 3.68. The first-order valence-corrected chi connectivity index (χ1v) is 8.36. The van der Waals surface area contributed by atoms with E-state index >= 15 is 0 Å². The summed E-state index contributed by atoms with van der Waals surface area (Å²) >= 11 is 6.27. The van der Waals surface area contributed by atoms with Gasteiger partial charge >= 0.3 is 0 Å². The van der Waals surface area contributed by atoms with Crippen LogP contribution in [0.1, 0.15) is 61.5 Å². The molecule has 5 nitrogen and oxygen atoms in total. The van der Waals surface area contributed by atoms with Crippen LogP contribution in [0.5, 0.6) is 0 Å². The Morgan fingerprint density at radius 2 is 2.09 bits per heavy atom. The maximum Gasteiger partial charge on any atom is 0.258 e. The smallest absolute Gasteiger partial charge is 0.258 e. The monoisotopic (exact) mass is 327 g/mol. The molecule has 1 aromatic rings. The lowest BCUT2D eigenvalue weighted by Crippen LogP contribution is -2.38. The highest BCUT2D eigenvalue weighted by molar-refractivity contribution is 6.33. The van der Waals surface area contributed by atoms with E-state index in [-0.39, 0.29) is 23.8 Å². The van der Waals surface area contributed by atoms with Gasteiger partial charge in [0.1, 0.15) is 5.15 Å². The van der Waals surface area contributed by atoms with Gasteiger partial charge in [-0.05, 0) is 18.8 Å². The van der Waals surface area contributed by atoms with Gasteiger partial charge in [0.25, 0.3) is 5.91 Å². The molecule has 0 aliphatic heterocycles. The number of rotatable bonds is 4. The summed E-state index contributed by atoms with van der Waals surface area (Å²) in [5.41, 5.74) is 1.22. The molecule has 1 aromatic heterocycles. The third-order valence-corrected chi connectivity index (χ3v) is 4.92. The lowest BCUT2D eigenvalue weighted by molar-refractivity contribution is 0.0450. The predicted molar refractivity (Wildman–Crippen MR) is 87.2 cm³/mol. The minimum atomic E-state index is -0.307. The fourth-order valence-corrected chi connectivity index (χ4v) is 3.37. The summed E-state index contributed by atoms with van der Waals surface area (Å²) in [7, 11) is 3.52. The molecule has 0 radical (unpaired) electrons. The van der Waals surface area contributed by atoms with Crippen LogP contribution < -0.4 is 0 Å². The maximum atomic E-state index is 12.8. The van der Waals surface area contributed by atoms with Gasteiger partial charge < -0.3 is 10.0 Å². The Bertz CT molecular complexity index is 542. The van der Waals surface area contributed by atoms with Gasteiger partial charge in [0, 0.05) is 26.6 Å². The molecule has 1 fully saturated rings. The first-order chi connectivity index (χ1) is 10.3. The van der Waals surface area contributed by atoms with E-state index in [9.17, 15) is 9.90 Å². The highest BCUT2D eigenvalue weighted by atomic mass is 35.5. The van der Waals surface area contributed by atoms with Gasteiger partial charge in [-0.3, -0.25) is 9.48 Å². The van der Waals surface area contributed by atoms with E-state index in [1.54, 1.807) is 23.7 Å². The zero-order chi connectivity index (χ0) is 16.4. The number of hydrogen-bond donors (Lipinski definition) is 1. The first kappa shape index (κ1) is 17.3. The average Bonchev–Trinajstić information content (AvgIpc) is 2.77. The van der Waals surface area contributed by atoms with E-state index in [0.717, 1.165) is 31.4 Å². The van der Waals surface area contributed by atoms with Crippen molar-refractivity contribution in [2.45, 2.75) is 51.6 Å². The van der Waals surface area contributed by atoms with E-state index < -0.39 is 0 Å². The molecule has 1 aliphatic carbocycles. The minimum Gasteiger partial charge on any atom is -0.393 e. The van der Waals surface area contributed by atoms with Gasteiger partial charge in [0.05, 0.1) is 17.4 Å². The molecule has 1 heterocycles. The van der Waals surface area contributed by atoms with Crippen molar-refractivity contribution in [3.63, 3.8) is 0 Å². The molecule has 22 heavy (non-hydrogen) atoms. The second kappa shape index (κ2) is 7.01. The number of aromatic nitrogens is 2. The first-order valence-electron chi connectivity index (χ1n) is 7.98. The zero-order valence-corrected chi connectivity index (χ0v) is 14.6. The Morgan fingerprint density at radius 1 is 1.45 bits per heavy atom. The molecule has 124 valence electrons. The van der Waals surface area contributed by atoms with Crippen LogP contribution in [-0.2, 0) is 7.05 Å². The molecule has 0 saturated heterocycles. The Morgan fingerprint density at radius 3 is 2.68 bits per heavy atom. The van der Waals surface area contributed by atoms with Crippen LogP contribution in [-0.4, -0.2) is 45.4 Å². The summed E-state index contributed by atoms with van der Waals surface area (Å²) in [4.78, 5) is 14.5. The molecule has 1 N–H and O–H groups in total. The van der Waals surface area contributed by atoms with E-state index in [1.807, 2.05) is 13.8 Å². The Hall–Kier alpha value is -1.07. The number of carbonyl (C=O) groups excluding carboxylic acids is 1. The minimum absolute atomic E-state index is 0.112. The molecule has 2 atom stereocenters. The van der Waals surface area contributed by atoms with Crippen molar-refractivity contribution in [1.29, 1.82) is 0 Å². The summed E-state index contributed by atoms with van der Waals surface area (Å²) in [5, 5.41) is 14.8. The molecular formula is C16H26ClN3O2. The third-order valence-electron chi connectivity index (χ3n) is 4.49. The Kier molecular flexibility index (Phi) is 5.50. The lowest BCUT2D eigenvalue weighted by Gasteiger charge is -2.31. The Balaban J connectivity index is 2.17. The van der Waals surface area contributed by atoms with Crippen LogP contribution in [0.25, 0.3) is 0 Å². The number of aliphatic hydroxyl groups excluding tert-OH is 1. The maximum absolute atomic E-state index is 12.8. The standard InChI is InChI=1S/C16H26ClN3O2/c1-10(2)14-13(15(17)20(4)18-14)16(22)19(3)9-11-7-5-6-8-12(11)21/h10-12,21H,5-9H2,1-4H3. The summed E-state index contributed by atoms with van der Waals surface area (Å²) < 4.78 is 1.55. The van der Waals surface area contributed by atoms with Crippen LogP contribution in [0.3, 0.4) is 0 Å². The molecule has 1 aliphatic rings. The van der Waals surface area contributed by atoms with Gasteiger partial charge in [-0.25, -0.2) is 0 Å². The summed E-state index contributed by atoms with van der Waals surface area (Å²) in [6, 6.07) is 0. The highest BCUT2D eigenvalue weighted by Gasteiger charge is 2.29. The van der Waals surface area contributed by atoms with Crippen molar-refractivity contribution in [2.75, 3.05) is 13.6 Å². The van der Waals surface area contributed by atoms with Crippen molar-refractivity contribution in [3.8, 4) is 0 Å². The van der Waals surface area contributed by atoms with E-state index in [1.165, 1.54) is 0 Å². The van der Waals surface area contributed by atoms with E-state index in [4.69, 9.17) is 11.6 Å². The van der Waals surface area contributed by atoms with E-state index in [2.05, 4.69) is 5.10 Å². The van der Waals surface area contributed by atoms with Crippen LogP contribution in [0.15, 0.2) is 0 Å². The molecule has 0 aromatic carbocycles. The molecule has 2 unspecified atom stereocenters. The zero-order valence-electron chi connectivity index (χ0n) is 13.8. The molecule has 6 heteroatoms. The van der Waals surface area contributed by atoms with Crippen LogP contribution in [0.4, 0.5) is 0 Å². The van der Waals surface area contributed by atoms with Gasteiger partial charge in [0.2, 0.25) is 0 Å². The fraction of sp³-hybridized carbons (Fsp3) is 0.750. The number of carbonyl (C=O) groups is 1. The third kappa shape index (κ3) is 3.46. The van der Waals surface area contributed by atoms with Crippen molar-refractivity contribution in [2.24, 2.45) is 13.0 Å². The quantitative estimate of drug-likeness (QED) is 0.925. The normalized spacial score (nSPS) is 22.1.